The van der Waals surface area contributed by atoms with Crippen LogP contribution in [0.2, 0.25) is 0 Å². The van der Waals surface area contributed by atoms with Crippen molar-refractivity contribution in [1.29, 1.82) is 0 Å². The number of nitrogens with one attached hydrogen (secondary N) is 2. The molecule has 4 nitrogen and oxygen atoms in total. The number of aromatic amines is 1. The molecule has 0 spiro atoms. The second kappa shape index (κ2) is 3.55. The zero-order chi connectivity index (χ0) is 10.1. The van der Waals surface area contributed by atoms with Gasteiger partial charge in [0.1, 0.15) is 0 Å². The minimum absolute atomic E-state index is 1.03. The molecule has 2 N–H and O–H groups in total. The Kier molecular flexibility index (Phi) is 2.07. The molecule has 0 aliphatic carbocycles. The van der Waals surface area contributed by atoms with E-state index in [1.807, 2.05) is 18.5 Å². The second-order valence-corrected chi connectivity index (χ2v) is 3.81. The Labute approximate surface area is 88.3 Å². The van der Waals surface area contributed by atoms with Gasteiger partial charge in [0.15, 0.2) is 5.82 Å². The fraction of sp³-hybridized carbons (Fsp3) is 0.364. The van der Waals surface area contributed by atoms with Gasteiger partial charge < -0.3 is 15.2 Å². The van der Waals surface area contributed by atoms with Gasteiger partial charge in [0.05, 0.1) is 5.52 Å². The van der Waals surface area contributed by atoms with Crippen LogP contribution in [0.1, 0.15) is 0 Å². The van der Waals surface area contributed by atoms with Crippen molar-refractivity contribution in [3.05, 3.63) is 24.5 Å². The Morgan fingerprint density at radius 2 is 2.07 bits per heavy atom. The van der Waals surface area contributed by atoms with E-state index in [1.54, 1.807) is 0 Å². The molecule has 1 saturated heterocycles. The number of anilines is 1. The Morgan fingerprint density at radius 3 is 2.93 bits per heavy atom. The molecule has 0 aromatic carbocycles. The summed E-state index contributed by atoms with van der Waals surface area (Å²) in [4.78, 5) is 10.1. The normalized spacial score (nSPS) is 17.2. The Balaban J connectivity index is 2.05. The van der Waals surface area contributed by atoms with E-state index in [4.69, 9.17) is 0 Å². The smallest absolute Gasteiger partial charge is 0.153 e. The number of piperazine rings is 1. The van der Waals surface area contributed by atoms with Gasteiger partial charge in [-0.2, -0.15) is 0 Å². The van der Waals surface area contributed by atoms with E-state index in [0.717, 1.165) is 37.5 Å². The number of fused-ring (bicyclic) bond motifs is 1. The van der Waals surface area contributed by atoms with Crippen LogP contribution in [0.25, 0.3) is 10.9 Å². The first kappa shape index (κ1) is 8.73. The molecular formula is C11H14N4. The van der Waals surface area contributed by atoms with Crippen LogP contribution >= 0.6 is 0 Å². The summed E-state index contributed by atoms with van der Waals surface area (Å²) in [6.07, 6.45) is 3.85. The predicted molar refractivity (Wildman–Crippen MR) is 61.2 cm³/mol. The molecule has 1 fully saturated rings. The molecule has 0 unspecified atom stereocenters. The molecule has 2 aromatic rings. The van der Waals surface area contributed by atoms with Gasteiger partial charge in [0.2, 0.25) is 0 Å². The van der Waals surface area contributed by atoms with Gasteiger partial charge in [-0.1, -0.05) is 0 Å². The van der Waals surface area contributed by atoms with Crippen molar-refractivity contribution in [3.8, 4) is 0 Å². The average molecular weight is 202 g/mol. The van der Waals surface area contributed by atoms with Gasteiger partial charge in [-0.15, -0.1) is 0 Å². The molecular weight excluding hydrogens is 188 g/mol. The predicted octanol–water partition coefficient (Wildman–Crippen LogP) is 0.972. The number of nitrogens with zero attached hydrogens (tertiary/aromatic N) is 2. The maximum absolute atomic E-state index is 4.47. The van der Waals surface area contributed by atoms with Gasteiger partial charge in [-0.25, -0.2) is 4.98 Å². The molecule has 0 radical (unpaired) electrons. The number of pyridine rings is 1. The molecule has 0 amide bonds. The van der Waals surface area contributed by atoms with E-state index in [9.17, 15) is 0 Å². The van der Waals surface area contributed by atoms with Crippen LogP contribution < -0.4 is 10.2 Å². The van der Waals surface area contributed by atoms with Crippen LogP contribution in [0.3, 0.4) is 0 Å². The topological polar surface area (TPSA) is 44.0 Å². The van der Waals surface area contributed by atoms with Crippen molar-refractivity contribution in [1.82, 2.24) is 15.3 Å². The molecule has 2 aromatic heterocycles. The van der Waals surface area contributed by atoms with Gasteiger partial charge in [-0.3, -0.25) is 0 Å². The minimum Gasteiger partial charge on any atom is -0.358 e. The highest BCUT2D eigenvalue weighted by atomic mass is 15.2. The minimum atomic E-state index is 1.03. The molecule has 0 atom stereocenters. The SMILES string of the molecule is c1cc2cc[nH]c2c(N2CCNCC2)n1. The number of rotatable bonds is 1. The number of hydrogen-bond acceptors (Lipinski definition) is 3. The summed E-state index contributed by atoms with van der Waals surface area (Å²) in [7, 11) is 0. The lowest BCUT2D eigenvalue weighted by Crippen LogP contribution is -2.44. The van der Waals surface area contributed by atoms with E-state index in [0.29, 0.717) is 0 Å². The molecule has 0 saturated carbocycles. The third-order valence-corrected chi connectivity index (χ3v) is 2.87. The second-order valence-electron chi connectivity index (χ2n) is 3.81. The van der Waals surface area contributed by atoms with Crippen LogP contribution in [0.4, 0.5) is 5.82 Å². The lowest BCUT2D eigenvalue weighted by molar-refractivity contribution is 0.586. The van der Waals surface area contributed by atoms with Crippen LogP contribution in [-0.2, 0) is 0 Å². The van der Waals surface area contributed by atoms with Gasteiger partial charge in [0, 0.05) is 44.0 Å². The highest BCUT2D eigenvalue weighted by Crippen LogP contribution is 2.22. The van der Waals surface area contributed by atoms with Crippen molar-refractivity contribution < 1.29 is 0 Å². The molecule has 3 rings (SSSR count). The fourth-order valence-corrected chi connectivity index (χ4v) is 2.08. The van der Waals surface area contributed by atoms with E-state index in [1.165, 1.54) is 5.39 Å². The Morgan fingerprint density at radius 1 is 1.20 bits per heavy atom. The first-order chi connectivity index (χ1) is 7.45. The van der Waals surface area contributed by atoms with Crippen LogP contribution in [0.5, 0.6) is 0 Å². The summed E-state index contributed by atoms with van der Waals surface area (Å²) in [5.74, 6) is 1.08. The molecule has 3 heterocycles. The molecule has 0 bridgehead atoms. The largest absolute Gasteiger partial charge is 0.358 e. The van der Waals surface area contributed by atoms with Gasteiger partial charge in [0.25, 0.3) is 0 Å². The maximum Gasteiger partial charge on any atom is 0.153 e. The van der Waals surface area contributed by atoms with Crippen LogP contribution in [-0.4, -0.2) is 36.1 Å². The third kappa shape index (κ3) is 1.47. The number of hydrogen-bond donors (Lipinski definition) is 2. The summed E-state index contributed by atoms with van der Waals surface area (Å²) in [5, 5.41) is 4.58. The summed E-state index contributed by atoms with van der Waals surface area (Å²) in [5.41, 5.74) is 1.15. The zero-order valence-electron chi connectivity index (χ0n) is 8.53. The quantitative estimate of drug-likeness (QED) is 0.724. The first-order valence-electron chi connectivity index (χ1n) is 5.33. The van der Waals surface area contributed by atoms with E-state index in [-0.39, 0.29) is 0 Å². The molecule has 1 aliphatic rings. The monoisotopic (exact) mass is 202 g/mol. The van der Waals surface area contributed by atoms with Crippen molar-refractivity contribution in [2.24, 2.45) is 0 Å². The van der Waals surface area contributed by atoms with Gasteiger partial charge in [-0.05, 0) is 12.1 Å². The summed E-state index contributed by atoms with van der Waals surface area (Å²) in [6, 6.07) is 4.13. The lowest BCUT2D eigenvalue weighted by Gasteiger charge is -2.28. The van der Waals surface area contributed by atoms with Crippen molar-refractivity contribution >= 4 is 16.7 Å². The van der Waals surface area contributed by atoms with Crippen LogP contribution in [0, 0.1) is 0 Å². The lowest BCUT2D eigenvalue weighted by atomic mass is 10.3. The van der Waals surface area contributed by atoms with Crippen molar-refractivity contribution in [2.75, 3.05) is 31.1 Å². The summed E-state index contributed by atoms with van der Waals surface area (Å²) in [6.45, 7) is 4.15. The first-order valence-corrected chi connectivity index (χ1v) is 5.33. The highest BCUT2D eigenvalue weighted by Gasteiger charge is 2.14. The van der Waals surface area contributed by atoms with Crippen molar-refractivity contribution in [3.63, 3.8) is 0 Å². The van der Waals surface area contributed by atoms with E-state index < -0.39 is 0 Å². The van der Waals surface area contributed by atoms with E-state index in [2.05, 4.69) is 26.3 Å². The molecule has 78 valence electrons. The summed E-state index contributed by atoms with van der Waals surface area (Å²) < 4.78 is 0. The fourth-order valence-electron chi connectivity index (χ4n) is 2.08. The standard InChI is InChI=1S/C11H14N4/c1-3-13-10-9(1)2-4-14-11(10)15-7-5-12-6-8-15/h1-4,12-13H,5-8H2. The third-order valence-electron chi connectivity index (χ3n) is 2.87. The zero-order valence-corrected chi connectivity index (χ0v) is 8.53. The number of aromatic nitrogens is 2. The Bertz CT molecular complexity index is 456. The maximum atomic E-state index is 4.47. The number of H-pyrrole nitrogens is 1. The molecule has 15 heavy (non-hydrogen) atoms. The van der Waals surface area contributed by atoms with Crippen LogP contribution in [0.15, 0.2) is 24.5 Å². The van der Waals surface area contributed by atoms with E-state index >= 15 is 0 Å². The summed E-state index contributed by atoms with van der Waals surface area (Å²) >= 11 is 0. The highest BCUT2D eigenvalue weighted by molar-refractivity contribution is 5.89. The molecule has 4 heteroatoms. The Hall–Kier alpha value is -1.55. The molecule has 1 aliphatic heterocycles. The average Bonchev–Trinajstić information content (AvgIpc) is 2.78. The van der Waals surface area contributed by atoms with Crippen molar-refractivity contribution in [2.45, 2.75) is 0 Å². The van der Waals surface area contributed by atoms with Gasteiger partial charge >= 0.3 is 0 Å².